The number of hydrogen-bond acceptors (Lipinski definition) is 1. The maximum Gasteiger partial charge on any atom is 0.0540 e. The SMILES string of the molecule is Cc1ccccc1-c1cccc(N(c2ccc3c(c2)C(C)(C)c2ccccc2-3)c2ccc(C3C=Cc4c(c5ccccc5n4-c4ccccc4)C3)c3ccccc23)c1. The number of nitrogens with zero attached hydrogens (tertiary/aromatic N) is 2. The van der Waals surface area contributed by atoms with Crippen molar-refractivity contribution in [2.24, 2.45) is 0 Å². The molecule has 1 atom stereocenters. The summed E-state index contributed by atoms with van der Waals surface area (Å²) >= 11 is 0. The first kappa shape index (κ1) is 34.4. The number of hydrogen-bond donors (Lipinski definition) is 0. The van der Waals surface area contributed by atoms with Gasteiger partial charge in [0.2, 0.25) is 0 Å². The average molecular weight is 745 g/mol. The van der Waals surface area contributed by atoms with E-state index in [-0.39, 0.29) is 11.3 Å². The van der Waals surface area contributed by atoms with Gasteiger partial charge in [-0.05, 0) is 123 Å². The van der Waals surface area contributed by atoms with Crippen molar-refractivity contribution in [3.8, 4) is 27.9 Å². The number of aromatic nitrogens is 1. The van der Waals surface area contributed by atoms with E-state index in [9.17, 15) is 0 Å². The van der Waals surface area contributed by atoms with E-state index in [2.05, 4.69) is 224 Å². The van der Waals surface area contributed by atoms with Crippen LogP contribution < -0.4 is 4.90 Å². The number of para-hydroxylation sites is 2. The molecular formula is C56H44N2. The van der Waals surface area contributed by atoms with Crippen molar-refractivity contribution in [2.75, 3.05) is 4.90 Å². The van der Waals surface area contributed by atoms with Crippen molar-refractivity contribution in [3.05, 3.63) is 222 Å². The summed E-state index contributed by atoms with van der Waals surface area (Å²) in [5.41, 5.74) is 19.0. The Hall–Kier alpha value is -6.90. The number of fused-ring (bicyclic) bond motifs is 7. The molecule has 2 heteroatoms. The van der Waals surface area contributed by atoms with Crippen molar-refractivity contribution in [1.82, 2.24) is 4.57 Å². The lowest BCUT2D eigenvalue weighted by molar-refractivity contribution is 0.660. The lowest BCUT2D eigenvalue weighted by Crippen LogP contribution is -2.17. The first-order valence-corrected chi connectivity index (χ1v) is 20.5. The second kappa shape index (κ2) is 13.4. The molecule has 278 valence electrons. The third-order valence-corrected chi connectivity index (χ3v) is 12.9. The number of rotatable bonds is 6. The molecule has 0 N–H and O–H groups in total. The molecule has 1 heterocycles. The predicted octanol–water partition coefficient (Wildman–Crippen LogP) is 14.9. The smallest absolute Gasteiger partial charge is 0.0540 e. The molecule has 9 aromatic rings. The van der Waals surface area contributed by atoms with Gasteiger partial charge in [-0.25, -0.2) is 0 Å². The third kappa shape index (κ3) is 5.32. The molecule has 1 unspecified atom stereocenters. The molecule has 0 radical (unpaired) electrons. The number of anilines is 3. The molecule has 2 nitrogen and oxygen atoms in total. The Morgan fingerprint density at radius 2 is 1.24 bits per heavy atom. The molecule has 1 aromatic heterocycles. The first-order chi connectivity index (χ1) is 28.5. The van der Waals surface area contributed by atoms with Crippen LogP contribution >= 0.6 is 0 Å². The van der Waals surface area contributed by atoms with E-state index < -0.39 is 0 Å². The van der Waals surface area contributed by atoms with E-state index in [1.54, 1.807) is 0 Å². The fraction of sp³-hybridized carbons (Fsp3) is 0.107. The summed E-state index contributed by atoms with van der Waals surface area (Å²) in [4.78, 5) is 2.50. The van der Waals surface area contributed by atoms with Gasteiger partial charge in [0, 0.05) is 44.9 Å². The molecule has 0 spiro atoms. The topological polar surface area (TPSA) is 8.17 Å². The zero-order valence-electron chi connectivity index (χ0n) is 33.2. The highest BCUT2D eigenvalue weighted by Crippen LogP contribution is 2.51. The van der Waals surface area contributed by atoms with E-state index in [0.717, 1.165) is 17.8 Å². The van der Waals surface area contributed by atoms with Crippen LogP contribution in [0.4, 0.5) is 17.1 Å². The molecule has 0 bridgehead atoms. The monoisotopic (exact) mass is 744 g/mol. The summed E-state index contributed by atoms with van der Waals surface area (Å²) in [6, 6.07) is 67.3. The summed E-state index contributed by atoms with van der Waals surface area (Å²) in [5, 5.41) is 3.87. The third-order valence-electron chi connectivity index (χ3n) is 12.9. The minimum Gasteiger partial charge on any atom is -0.310 e. The Bertz CT molecular complexity index is 3090. The van der Waals surface area contributed by atoms with Crippen LogP contribution in [0.1, 0.15) is 53.3 Å². The summed E-state index contributed by atoms with van der Waals surface area (Å²) < 4.78 is 2.43. The minimum atomic E-state index is -0.113. The Morgan fingerprint density at radius 1 is 0.552 bits per heavy atom. The van der Waals surface area contributed by atoms with Gasteiger partial charge >= 0.3 is 0 Å². The Balaban J connectivity index is 1.07. The van der Waals surface area contributed by atoms with Gasteiger partial charge in [0.15, 0.2) is 0 Å². The Kier molecular flexibility index (Phi) is 7.91. The molecule has 0 saturated carbocycles. The van der Waals surface area contributed by atoms with Crippen LogP contribution in [0.25, 0.3) is 55.7 Å². The van der Waals surface area contributed by atoms with Crippen molar-refractivity contribution in [3.63, 3.8) is 0 Å². The quantitative estimate of drug-likeness (QED) is 0.165. The van der Waals surface area contributed by atoms with Gasteiger partial charge < -0.3 is 9.47 Å². The van der Waals surface area contributed by atoms with Crippen LogP contribution in [0.5, 0.6) is 0 Å². The van der Waals surface area contributed by atoms with E-state index in [1.165, 1.54) is 88.8 Å². The van der Waals surface area contributed by atoms with Crippen LogP contribution in [-0.2, 0) is 11.8 Å². The van der Waals surface area contributed by atoms with Gasteiger partial charge in [0.05, 0.1) is 11.2 Å². The summed E-state index contributed by atoms with van der Waals surface area (Å²) in [6.45, 7) is 6.94. The summed E-state index contributed by atoms with van der Waals surface area (Å²) in [6.07, 6.45) is 5.75. The molecule has 2 aliphatic carbocycles. The molecule has 0 amide bonds. The van der Waals surface area contributed by atoms with Crippen molar-refractivity contribution in [1.29, 1.82) is 0 Å². The maximum absolute atomic E-state index is 2.50. The van der Waals surface area contributed by atoms with Crippen LogP contribution in [0.15, 0.2) is 188 Å². The van der Waals surface area contributed by atoms with Gasteiger partial charge in [-0.15, -0.1) is 0 Å². The number of aryl methyl sites for hydroxylation is 1. The largest absolute Gasteiger partial charge is 0.310 e. The standard InChI is InChI=1S/C56H44N2/c1-37-16-7-8-21-43(37)38-17-15-20-41(34-38)57(42-29-30-47-46-23-11-13-26-51(46)56(2,3)52(47)36-42)54-33-31-44(45-22-9-10-24-48(45)54)39-28-32-55-50(35-39)49-25-12-14-27-53(49)58(55)40-18-5-4-6-19-40/h4-34,36,39H,35H2,1-3H3. The maximum atomic E-state index is 2.50. The fourth-order valence-electron chi connectivity index (χ4n) is 10.1. The second-order valence-corrected chi connectivity index (χ2v) is 16.5. The van der Waals surface area contributed by atoms with Gasteiger partial charge in [-0.1, -0.05) is 153 Å². The van der Waals surface area contributed by atoms with E-state index in [0.29, 0.717) is 0 Å². The number of allylic oxidation sites excluding steroid dienone is 1. The van der Waals surface area contributed by atoms with Crippen LogP contribution in [0.2, 0.25) is 0 Å². The highest BCUT2D eigenvalue weighted by molar-refractivity contribution is 6.02. The lowest BCUT2D eigenvalue weighted by Gasteiger charge is -2.30. The normalized spacial score (nSPS) is 15.0. The summed E-state index contributed by atoms with van der Waals surface area (Å²) in [5.74, 6) is 0.235. The van der Waals surface area contributed by atoms with E-state index in [4.69, 9.17) is 0 Å². The van der Waals surface area contributed by atoms with E-state index in [1.807, 2.05) is 0 Å². The first-order valence-electron chi connectivity index (χ1n) is 20.5. The fourth-order valence-corrected chi connectivity index (χ4v) is 10.1. The molecule has 2 aliphatic rings. The van der Waals surface area contributed by atoms with Crippen LogP contribution in [-0.4, -0.2) is 4.57 Å². The molecule has 58 heavy (non-hydrogen) atoms. The molecule has 0 aliphatic heterocycles. The average Bonchev–Trinajstić information content (AvgIpc) is 3.72. The zero-order valence-corrected chi connectivity index (χ0v) is 33.2. The van der Waals surface area contributed by atoms with E-state index >= 15 is 0 Å². The minimum absolute atomic E-state index is 0.113. The highest BCUT2D eigenvalue weighted by Gasteiger charge is 2.36. The van der Waals surface area contributed by atoms with Crippen LogP contribution in [0.3, 0.4) is 0 Å². The summed E-state index contributed by atoms with van der Waals surface area (Å²) in [7, 11) is 0. The molecule has 11 rings (SSSR count). The predicted molar refractivity (Wildman–Crippen MR) is 245 cm³/mol. The van der Waals surface area contributed by atoms with Gasteiger partial charge in [-0.2, -0.15) is 0 Å². The number of benzene rings is 8. The molecule has 0 fully saturated rings. The van der Waals surface area contributed by atoms with Crippen molar-refractivity contribution in [2.45, 2.75) is 38.5 Å². The van der Waals surface area contributed by atoms with Crippen molar-refractivity contribution < 1.29 is 0 Å². The molecule has 0 saturated heterocycles. The van der Waals surface area contributed by atoms with Crippen LogP contribution in [0, 0.1) is 6.92 Å². The second-order valence-electron chi connectivity index (χ2n) is 16.5. The van der Waals surface area contributed by atoms with Gasteiger partial charge in [0.1, 0.15) is 0 Å². The molecule has 8 aromatic carbocycles. The molecular weight excluding hydrogens is 701 g/mol. The van der Waals surface area contributed by atoms with Crippen molar-refractivity contribution >= 4 is 44.8 Å². The Morgan fingerprint density at radius 3 is 2.09 bits per heavy atom. The lowest BCUT2D eigenvalue weighted by atomic mass is 9.82. The van der Waals surface area contributed by atoms with Gasteiger partial charge in [0.25, 0.3) is 0 Å². The Labute approximate surface area is 341 Å². The zero-order chi connectivity index (χ0) is 39.0. The highest BCUT2D eigenvalue weighted by atomic mass is 15.1. The van der Waals surface area contributed by atoms with Gasteiger partial charge in [-0.3, -0.25) is 0 Å².